The second-order valence-electron chi connectivity index (χ2n) is 5.24. The molecule has 2 saturated carbocycles. The van der Waals surface area contributed by atoms with Crippen LogP contribution in [-0.4, -0.2) is 42.8 Å². The number of hydrogen-bond donors (Lipinski definition) is 3. The van der Waals surface area contributed by atoms with E-state index in [0.717, 1.165) is 19.3 Å². The molecule has 0 aromatic carbocycles. The number of amides is 1. The predicted molar refractivity (Wildman–Crippen MR) is 63.7 cm³/mol. The van der Waals surface area contributed by atoms with Crippen molar-refractivity contribution in [2.45, 2.75) is 31.4 Å². The number of carboxylic acid groups (broad SMARTS) is 1. The number of carbonyl (C=O) groups is 2. The molecule has 1 amide bonds. The van der Waals surface area contributed by atoms with Crippen molar-refractivity contribution in [1.82, 2.24) is 5.32 Å². The lowest BCUT2D eigenvalue weighted by molar-refractivity contribution is -0.148. The zero-order valence-electron chi connectivity index (χ0n) is 10.5. The molecular formula is C12H20N2O4. The Morgan fingerprint density at radius 1 is 1.44 bits per heavy atom. The molecule has 2 rings (SSSR count). The first-order valence-electron chi connectivity index (χ1n) is 6.33. The van der Waals surface area contributed by atoms with E-state index in [1.54, 1.807) is 0 Å². The van der Waals surface area contributed by atoms with Crippen LogP contribution in [-0.2, 0) is 14.3 Å². The molecule has 2 bridgehead atoms. The third-order valence-electron chi connectivity index (χ3n) is 4.31. The summed E-state index contributed by atoms with van der Waals surface area (Å²) < 4.78 is 4.77. The fourth-order valence-corrected chi connectivity index (χ4v) is 3.31. The minimum Gasteiger partial charge on any atom is -0.479 e. The lowest BCUT2D eigenvalue weighted by atomic mass is 9.84. The van der Waals surface area contributed by atoms with Gasteiger partial charge in [-0.1, -0.05) is 0 Å². The van der Waals surface area contributed by atoms with E-state index in [-0.39, 0.29) is 24.4 Å². The number of nitrogens with two attached hydrogens (primary N) is 1. The summed E-state index contributed by atoms with van der Waals surface area (Å²) in [6.45, 7) is -0.00866. The van der Waals surface area contributed by atoms with E-state index in [0.29, 0.717) is 11.8 Å². The summed E-state index contributed by atoms with van der Waals surface area (Å²) in [7, 11) is 1.31. The maximum atomic E-state index is 12.0. The summed E-state index contributed by atoms with van der Waals surface area (Å²) in [6, 6.07) is -0.0745. The molecule has 0 radical (unpaired) electrons. The number of aliphatic carboxylic acids is 1. The van der Waals surface area contributed by atoms with Crippen LogP contribution < -0.4 is 11.1 Å². The van der Waals surface area contributed by atoms with Crippen molar-refractivity contribution in [1.29, 1.82) is 0 Å². The van der Waals surface area contributed by atoms with E-state index in [2.05, 4.69) is 5.32 Å². The van der Waals surface area contributed by atoms with Crippen LogP contribution in [0.5, 0.6) is 0 Å². The van der Waals surface area contributed by atoms with E-state index in [4.69, 9.17) is 15.6 Å². The summed E-state index contributed by atoms with van der Waals surface area (Å²) >= 11 is 0. The number of carbonyl (C=O) groups excluding carboxylic acids is 1. The third kappa shape index (κ3) is 2.35. The molecule has 0 spiro atoms. The van der Waals surface area contributed by atoms with Gasteiger partial charge in [-0.2, -0.15) is 0 Å². The Balaban J connectivity index is 1.87. The molecule has 0 aliphatic heterocycles. The van der Waals surface area contributed by atoms with Crippen molar-refractivity contribution in [3.8, 4) is 0 Å². The summed E-state index contributed by atoms with van der Waals surface area (Å²) in [4.78, 5) is 22.8. The summed E-state index contributed by atoms with van der Waals surface area (Å²) in [6.07, 6.45) is 2.21. The number of carboxylic acids is 1. The molecule has 2 fully saturated rings. The van der Waals surface area contributed by atoms with Crippen molar-refractivity contribution >= 4 is 11.9 Å². The maximum Gasteiger partial charge on any atom is 0.334 e. The van der Waals surface area contributed by atoms with Crippen LogP contribution in [0.4, 0.5) is 0 Å². The molecule has 0 aromatic rings. The molecule has 0 saturated heterocycles. The van der Waals surface area contributed by atoms with Crippen molar-refractivity contribution in [2.75, 3.05) is 13.7 Å². The molecule has 5 atom stereocenters. The highest BCUT2D eigenvalue weighted by atomic mass is 16.5. The maximum absolute atomic E-state index is 12.0. The number of hydrogen-bond acceptors (Lipinski definition) is 4. The Bertz CT molecular complexity index is 345. The van der Waals surface area contributed by atoms with Gasteiger partial charge >= 0.3 is 5.97 Å². The van der Waals surface area contributed by atoms with Crippen LogP contribution in [0.2, 0.25) is 0 Å². The smallest absolute Gasteiger partial charge is 0.334 e. The monoisotopic (exact) mass is 256 g/mol. The van der Waals surface area contributed by atoms with Gasteiger partial charge < -0.3 is 20.9 Å². The van der Waals surface area contributed by atoms with Gasteiger partial charge in [0.15, 0.2) is 6.10 Å². The summed E-state index contributed by atoms with van der Waals surface area (Å²) in [5.41, 5.74) is 6.06. The van der Waals surface area contributed by atoms with Gasteiger partial charge in [0.25, 0.3) is 0 Å². The first-order valence-corrected chi connectivity index (χ1v) is 6.33. The minimum absolute atomic E-state index is 0.00866. The largest absolute Gasteiger partial charge is 0.479 e. The summed E-state index contributed by atoms with van der Waals surface area (Å²) in [5, 5.41) is 11.5. The van der Waals surface area contributed by atoms with E-state index in [1.165, 1.54) is 7.11 Å². The molecule has 2 aliphatic carbocycles. The van der Waals surface area contributed by atoms with E-state index >= 15 is 0 Å². The zero-order valence-corrected chi connectivity index (χ0v) is 10.5. The topological polar surface area (TPSA) is 102 Å². The van der Waals surface area contributed by atoms with Crippen LogP contribution in [0.15, 0.2) is 0 Å². The minimum atomic E-state index is -1.07. The number of fused-ring (bicyclic) bond motifs is 2. The van der Waals surface area contributed by atoms with Gasteiger partial charge in [-0.05, 0) is 31.1 Å². The predicted octanol–water partition coefficient (Wildman–Crippen LogP) is -0.424. The molecule has 102 valence electrons. The van der Waals surface area contributed by atoms with Crippen LogP contribution in [0, 0.1) is 17.8 Å². The van der Waals surface area contributed by atoms with E-state index in [9.17, 15) is 9.59 Å². The van der Waals surface area contributed by atoms with Crippen LogP contribution in [0.1, 0.15) is 19.3 Å². The van der Waals surface area contributed by atoms with Gasteiger partial charge in [0.2, 0.25) is 5.91 Å². The van der Waals surface area contributed by atoms with Crippen LogP contribution in [0.25, 0.3) is 0 Å². The Kier molecular flexibility index (Phi) is 3.87. The molecule has 0 heterocycles. The molecule has 18 heavy (non-hydrogen) atoms. The molecular weight excluding hydrogens is 236 g/mol. The molecule has 2 aliphatic rings. The van der Waals surface area contributed by atoms with Crippen molar-refractivity contribution < 1.29 is 19.4 Å². The Morgan fingerprint density at radius 3 is 2.61 bits per heavy atom. The second-order valence-corrected chi connectivity index (χ2v) is 5.24. The zero-order chi connectivity index (χ0) is 13.3. The number of nitrogens with one attached hydrogen (secondary N) is 1. The van der Waals surface area contributed by atoms with E-state index in [1.807, 2.05) is 0 Å². The Hall–Kier alpha value is -1.14. The lowest BCUT2D eigenvalue weighted by Crippen LogP contribution is -2.47. The molecule has 6 heteroatoms. The normalized spacial score (nSPS) is 35.4. The Labute approximate surface area is 106 Å². The number of methoxy groups -OCH3 is 1. The van der Waals surface area contributed by atoms with Crippen LogP contribution in [0.3, 0.4) is 0 Å². The first kappa shape index (κ1) is 13.3. The van der Waals surface area contributed by atoms with Crippen LogP contribution >= 0.6 is 0 Å². The van der Waals surface area contributed by atoms with Crippen molar-refractivity contribution in [2.24, 2.45) is 23.5 Å². The molecule has 5 unspecified atom stereocenters. The quantitative estimate of drug-likeness (QED) is 0.620. The van der Waals surface area contributed by atoms with Gasteiger partial charge in [0.05, 0.1) is 12.5 Å². The average molecular weight is 256 g/mol. The Morgan fingerprint density at radius 2 is 2.11 bits per heavy atom. The highest BCUT2D eigenvalue weighted by Gasteiger charge is 2.49. The third-order valence-corrected chi connectivity index (χ3v) is 4.31. The lowest BCUT2D eigenvalue weighted by Gasteiger charge is -2.27. The van der Waals surface area contributed by atoms with E-state index < -0.39 is 12.1 Å². The second kappa shape index (κ2) is 5.24. The van der Waals surface area contributed by atoms with Gasteiger partial charge in [-0.25, -0.2) is 4.79 Å². The molecule has 4 N–H and O–H groups in total. The highest BCUT2D eigenvalue weighted by molar-refractivity contribution is 5.81. The molecule has 0 aromatic heterocycles. The summed E-state index contributed by atoms with van der Waals surface area (Å²) in [5.74, 6) is -0.526. The average Bonchev–Trinajstić information content (AvgIpc) is 2.89. The number of ether oxygens (including phenoxy) is 1. The number of rotatable bonds is 5. The fourth-order valence-electron chi connectivity index (χ4n) is 3.31. The first-order chi connectivity index (χ1) is 8.54. The SMILES string of the molecule is COC(CNC(=O)C1C2CCC(C2)C1N)C(=O)O. The van der Waals surface area contributed by atoms with Crippen molar-refractivity contribution in [3.05, 3.63) is 0 Å². The standard InChI is InChI=1S/C12H20N2O4/c1-18-8(12(16)17)5-14-11(15)9-6-2-3-7(4-6)10(9)13/h6-10H,2-5,13H2,1H3,(H,14,15)(H,16,17). The van der Waals surface area contributed by atoms with Gasteiger partial charge in [0, 0.05) is 13.2 Å². The van der Waals surface area contributed by atoms with Gasteiger partial charge in [-0.15, -0.1) is 0 Å². The van der Waals surface area contributed by atoms with Crippen molar-refractivity contribution in [3.63, 3.8) is 0 Å². The van der Waals surface area contributed by atoms with Gasteiger partial charge in [-0.3, -0.25) is 4.79 Å². The highest BCUT2D eigenvalue weighted by Crippen LogP contribution is 2.47. The molecule has 6 nitrogen and oxygen atoms in total. The van der Waals surface area contributed by atoms with Gasteiger partial charge in [0.1, 0.15) is 0 Å². The fraction of sp³-hybridized carbons (Fsp3) is 0.833.